The Bertz CT molecular complexity index is 3020. The molecule has 0 radical (unpaired) electrons. The molecule has 0 aliphatic heterocycles. The number of carboxylic acids is 1. The molecule has 9 aromatic rings. The van der Waals surface area contributed by atoms with Crippen molar-refractivity contribution in [2.75, 3.05) is 0 Å². The van der Waals surface area contributed by atoms with Crippen molar-refractivity contribution in [2.45, 2.75) is 6.92 Å². The van der Waals surface area contributed by atoms with Crippen molar-refractivity contribution in [1.29, 1.82) is 0 Å². The molecule has 3 aromatic heterocycles. The highest BCUT2D eigenvalue weighted by Crippen LogP contribution is 2.40. The molecule has 55 heavy (non-hydrogen) atoms. The van der Waals surface area contributed by atoms with Gasteiger partial charge in [-0.2, -0.15) is 0 Å². The number of fused-ring (bicyclic) bond motifs is 6. The van der Waals surface area contributed by atoms with Crippen molar-refractivity contribution in [3.63, 3.8) is 0 Å². The first-order valence-electron chi connectivity index (χ1n) is 17.4. The monoisotopic (exact) mass is 738 g/mol. The number of aromatic nitrogens is 4. The highest BCUT2D eigenvalue weighted by molar-refractivity contribution is 7.26. The summed E-state index contributed by atoms with van der Waals surface area (Å²) < 4.78 is 4.40. The van der Waals surface area contributed by atoms with Gasteiger partial charge in [-0.3, -0.25) is 0 Å². The van der Waals surface area contributed by atoms with E-state index < -0.39 is 23.2 Å². The van der Waals surface area contributed by atoms with Gasteiger partial charge in [0.2, 0.25) is 11.5 Å². The van der Waals surface area contributed by atoms with E-state index in [1.165, 1.54) is 17.7 Å². The van der Waals surface area contributed by atoms with E-state index >= 15 is 0 Å². The van der Waals surface area contributed by atoms with E-state index in [1.807, 2.05) is 72.8 Å². The lowest BCUT2D eigenvalue weighted by molar-refractivity contribution is -0.135. The number of carboxylic acid groups (broad SMARTS) is 1. The number of aliphatic hydroxyl groups is 3. The summed E-state index contributed by atoms with van der Waals surface area (Å²) in [4.78, 5) is 26.4. The second-order valence-corrected chi connectivity index (χ2v) is 14.1. The van der Waals surface area contributed by atoms with Crippen LogP contribution < -0.4 is 0 Å². The number of para-hydroxylation sites is 2. The number of benzene rings is 6. The van der Waals surface area contributed by atoms with Crippen molar-refractivity contribution in [1.82, 2.24) is 19.5 Å². The first-order chi connectivity index (χ1) is 26.8. The number of aliphatic hydroxyl groups excluding tert-OH is 3. The van der Waals surface area contributed by atoms with Crippen LogP contribution >= 0.6 is 11.3 Å². The van der Waals surface area contributed by atoms with Crippen LogP contribution in [0.4, 0.5) is 0 Å². The Balaban J connectivity index is 1.24. The molecule has 0 atom stereocenters. The van der Waals surface area contributed by atoms with Gasteiger partial charge in [0.25, 0.3) is 0 Å². The number of aliphatic carboxylic acids is 1. The van der Waals surface area contributed by atoms with Gasteiger partial charge < -0.3 is 25.0 Å². The van der Waals surface area contributed by atoms with Crippen molar-refractivity contribution < 1.29 is 25.2 Å². The normalized spacial score (nSPS) is 12.7. The third kappa shape index (κ3) is 5.63. The van der Waals surface area contributed by atoms with Gasteiger partial charge in [-0.05, 0) is 61.0 Å². The van der Waals surface area contributed by atoms with Gasteiger partial charge in [-0.1, -0.05) is 91.0 Å². The molecular weight excluding hydrogens is 709 g/mol. The minimum Gasteiger partial charge on any atom is -0.504 e. The molecule has 0 amide bonds. The van der Waals surface area contributed by atoms with Gasteiger partial charge in [0.15, 0.2) is 23.2 Å². The predicted octanol–water partition coefficient (Wildman–Crippen LogP) is 11.0. The Hall–Kier alpha value is -7.30. The maximum Gasteiger partial charge on any atom is 0.375 e. The summed E-state index contributed by atoms with van der Waals surface area (Å²) >= 11 is 1.66. The molecule has 266 valence electrons. The summed E-state index contributed by atoms with van der Waals surface area (Å²) in [5.74, 6) is -3.96. The fraction of sp³-hybridized carbons (Fsp3) is 0.0222. The van der Waals surface area contributed by atoms with Crippen LogP contribution in [0.15, 0.2) is 157 Å². The molecule has 0 unspecified atom stereocenters. The van der Waals surface area contributed by atoms with Gasteiger partial charge in [0, 0.05) is 58.9 Å². The fourth-order valence-electron chi connectivity index (χ4n) is 7.15. The maximum atomic E-state index is 11.4. The molecule has 9 rings (SSSR count). The van der Waals surface area contributed by atoms with Crippen LogP contribution in [0.5, 0.6) is 0 Å². The topological polar surface area (TPSA) is 142 Å². The number of nitrogens with zero attached hydrogens (tertiary/aromatic N) is 4. The molecule has 6 aromatic carbocycles. The van der Waals surface area contributed by atoms with E-state index in [0.29, 0.717) is 28.6 Å². The Kier molecular flexibility index (Phi) is 8.10. The maximum absolute atomic E-state index is 11.4. The van der Waals surface area contributed by atoms with Crippen molar-refractivity contribution in [3.8, 4) is 39.9 Å². The fourth-order valence-corrected chi connectivity index (χ4v) is 8.36. The highest BCUT2D eigenvalue weighted by atomic mass is 32.1. The van der Waals surface area contributed by atoms with Crippen LogP contribution in [0.3, 0.4) is 0 Å². The summed E-state index contributed by atoms with van der Waals surface area (Å²) in [6.07, 6.45) is 0. The molecule has 10 heteroatoms. The summed E-state index contributed by atoms with van der Waals surface area (Å²) in [6.45, 7) is 1.51. The number of rotatable bonds is 7. The smallest absolute Gasteiger partial charge is 0.375 e. The predicted molar refractivity (Wildman–Crippen MR) is 219 cm³/mol. The van der Waals surface area contributed by atoms with E-state index in [0.717, 1.165) is 48.0 Å². The first kappa shape index (κ1) is 33.5. The quantitative estimate of drug-likeness (QED) is 0.0719. The second kappa shape index (κ2) is 13.3. The molecule has 0 aliphatic carbocycles. The van der Waals surface area contributed by atoms with Crippen LogP contribution in [0, 0.1) is 0 Å². The standard InChI is InChI=1S/C45H30N4O5S/c1-25(38(50)39(51)40(52)45(53)54)28-11-2-3-15-33(28)43-46-42(47-44(48-43)34-17-10-16-32-31-14-6-9-20-37(31)55-41(32)34)26-21-23-27(24-22-26)49-35-18-7-4-12-29(35)30-13-5-8-19-36(30)49/h2-24,50-52H,1H3,(H,53,54)/b38-25-,40-39-. The zero-order valence-electron chi connectivity index (χ0n) is 29.2. The number of hydrogen-bond donors (Lipinski definition) is 4. The zero-order chi connectivity index (χ0) is 37.8. The minimum absolute atomic E-state index is 0.103. The third-order valence-electron chi connectivity index (χ3n) is 9.82. The minimum atomic E-state index is -1.78. The number of carbonyl (C=O) groups is 1. The Morgan fingerprint density at radius 1 is 0.527 bits per heavy atom. The molecule has 0 spiro atoms. The van der Waals surface area contributed by atoms with E-state index in [9.17, 15) is 25.2 Å². The zero-order valence-corrected chi connectivity index (χ0v) is 30.0. The van der Waals surface area contributed by atoms with Crippen molar-refractivity contribution in [2.24, 2.45) is 0 Å². The van der Waals surface area contributed by atoms with Gasteiger partial charge in [0.05, 0.1) is 11.0 Å². The Morgan fingerprint density at radius 2 is 1.07 bits per heavy atom. The molecular formula is C45H30N4O5S. The molecule has 9 nitrogen and oxygen atoms in total. The van der Waals surface area contributed by atoms with Gasteiger partial charge in [-0.25, -0.2) is 19.7 Å². The summed E-state index contributed by atoms with van der Waals surface area (Å²) in [7, 11) is 0. The lowest BCUT2D eigenvalue weighted by atomic mass is 9.98. The Morgan fingerprint density at radius 3 is 1.76 bits per heavy atom. The van der Waals surface area contributed by atoms with Gasteiger partial charge in [-0.15, -0.1) is 11.3 Å². The molecule has 3 heterocycles. The van der Waals surface area contributed by atoms with Crippen LogP contribution in [-0.2, 0) is 4.79 Å². The SMILES string of the molecule is C/C(=C(O)\C(O)=C(\O)C(=O)O)c1ccccc1-c1nc(-c2ccc(-n3c4ccccc4c4ccccc43)cc2)nc(-c2cccc3c2sc2ccccc23)n1. The van der Waals surface area contributed by atoms with E-state index in [4.69, 9.17) is 15.0 Å². The first-order valence-corrected chi connectivity index (χ1v) is 18.2. The van der Waals surface area contributed by atoms with E-state index in [1.54, 1.807) is 35.6 Å². The van der Waals surface area contributed by atoms with E-state index in [2.05, 4.69) is 47.0 Å². The van der Waals surface area contributed by atoms with Crippen LogP contribution in [0.2, 0.25) is 0 Å². The molecule has 4 N–H and O–H groups in total. The van der Waals surface area contributed by atoms with Gasteiger partial charge >= 0.3 is 5.97 Å². The summed E-state index contributed by atoms with van der Waals surface area (Å²) in [5.41, 5.74) is 5.75. The number of hydrogen-bond acceptors (Lipinski definition) is 8. The number of thiophene rings is 1. The van der Waals surface area contributed by atoms with Gasteiger partial charge in [0.1, 0.15) is 0 Å². The largest absolute Gasteiger partial charge is 0.504 e. The average molecular weight is 739 g/mol. The average Bonchev–Trinajstić information content (AvgIpc) is 3.78. The second-order valence-electron chi connectivity index (χ2n) is 13.0. The molecule has 0 saturated carbocycles. The highest BCUT2D eigenvalue weighted by Gasteiger charge is 2.22. The lowest BCUT2D eigenvalue weighted by Crippen LogP contribution is -2.07. The van der Waals surface area contributed by atoms with Crippen LogP contribution in [0.1, 0.15) is 12.5 Å². The summed E-state index contributed by atoms with van der Waals surface area (Å²) in [6, 6.07) is 46.1. The number of allylic oxidation sites excluding steroid dienone is 1. The lowest BCUT2D eigenvalue weighted by Gasteiger charge is -2.14. The summed E-state index contributed by atoms with van der Waals surface area (Å²) in [5, 5.41) is 45.0. The van der Waals surface area contributed by atoms with E-state index in [-0.39, 0.29) is 5.57 Å². The molecule has 0 fully saturated rings. The Labute approximate surface area is 317 Å². The van der Waals surface area contributed by atoms with Crippen molar-refractivity contribution in [3.05, 3.63) is 162 Å². The molecule has 0 bridgehead atoms. The molecule has 0 saturated heterocycles. The van der Waals surface area contributed by atoms with Crippen LogP contribution in [-0.4, -0.2) is 45.9 Å². The third-order valence-corrected chi connectivity index (χ3v) is 11.0. The van der Waals surface area contributed by atoms with Crippen molar-refractivity contribution >= 4 is 64.9 Å². The molecule has 0 aliphatic rings. The van der Waals surface area contributed by atoms with Crippen LogP contribution in [0.25, 0.3) is 87.4 Å².